The molecular weight excluding hydrogens is 288 g/mol. The van der Waals surface area contributed by atoms with Gasteiger partial charge in [-0.05, 0) is 29.7 Å². The maximum Gasteiger partial charge on any atom is 0.305 e. The lowest BCUT2D eigenvalue weighted by molar-refractivity contribution is 0.135. The Morgan fingerprint density at radius 1 is 1.35 bits per heavy atom. The van der Waals surface area contributed by atoms with Crippen molar-refractivity contribution in [1.82, 2.24) is 9.88 Å². The number of hydrogen-bond acceptors (Lipinski definition) is 4. The van der Waals surface area contributed by atoms with E-state index in [4.69, 9.17) is 0 Å². The highest BCUT2D eigenvalue weighted by molar-refractivity contribution is 7.14. The molecule has 2 aromatic heterocycles. The molecule has 108 valence electrons. The van der Waals surface area contributed by atoms with Crippen LogP contribution in [0.2, 0.25) is 0 Å². The molecule has 0 aromatic carbocycles. The van der Waals surface area contributed by atoms with Crippen molar-refractivity contribution in [3.8, 4) is 10.6 Å². The lowest BCUT2D eigenvalue weighted by Gasteiger charge is -2.34. The Labute approximate surface area is 127 Å². The van der Waals surface area contributed by atoms with Crippen LogP contribution in [0.1, 0.15) is 25.1 Å². The third-order valence-electron chi connectivity index (χ3n) is 3.80. The van der Waals surface area contributed by atoms with Crippen LogP contribution in [-0.2, 0) is 6.54 Å². The van der Waals surface area contributed by atoms with Crippen molar-refractivity contribution in [3.63, 3.8) is 0 Å². The highest BCUT2D eigenvalue weighted by Crippen LogP contribution is 2.30. The Kier molecular flexibility index (Phi) is 4.10. The summed E-state index contributed by atoms with van der Waals surface area (Å²) < 4.78 is 0. The summed E-state index contributed by atoms with van der Waals surface area (Å²) in [5, 5.41) is 2.06. The molecule has 0 radical (unpaired) electrons. The minimum absolute atomic E-state index is 0.0570. The van der Waals surface area contributed by atoms with Crippen LogP contribution in [0.25, 0.3) is 10.6 Å². The van der Waals surface area contributed by atoms with E-state index in [1.165, 1.54) is 22.6 Å². The van der Waals surface area contributed by atoms with Gasteiger partial charge in [0.15, 0.2) is 0 Å². The minimum atomic E-state index is 0.0570. The van der Waals surface area contributed by atoms with E-state index in [1.54, 1.807) is 11.3 Å². The first-order valence-electron chi connectivity index (χ1n) is 7.10. The zero-order valence-corrected chi connectivity index (χ0v) is 13.5. The highest BCUT2D eigenvalue weighted by Gasteiger charge is 2.23. The summed E-state index contributed by atoms with van der Waals surface area (Å²) in [6, 6.07) is 4.11. The first-order valence-corrected chi connectivity index (χ1v) is 8.79. The quantitative estimate of drug-likeness (QED) is 0.939. The number of nitrogens with one attached hydrogen (secondary N) is 1. The van der Waals surface area contributed by atoms with E-state index in [0.717, 1.165) is 42.0 Å². The average Bonchev–Trinajstić information content (AvgIpc) is 2.97. The number of aromatic nitrogens is 1. The SMILES string of the molecule is CC1CC(C)CN(Cc2sc(=O)[nH]c2-c2cccs2)C1. The molecule has 20 heavy (non-hydrogen) atoms. The van der Waals surface area contributed by atoms with Crippen LogP contribution in [0.15, 0.2) is 22.3 Å². The van der Waals surface area contributed by atoms with Gasteiger partial charge in [-0.3, -0.25) is 9.69 Å². The molecule has 3 nitrogen and oxygen atoms in total. The van der Waals surface area contributed by atoms with E-state index in [2.05, 4.69) is 35.2 Å². The first-order chi connectivity index (χ1) is 9.61. The number of nitrogens with zero attached hydrogens (tertiary/aromatic N) is 1. The average molecular weight is 308 g/mol. The molecule has 1 fully saturated rings. The van der Waals surface area contributed by atoms with Crippen molar-refractivity contribution >= 4 is 22.7 Å². The molecule has 0 bridgehead atoms. The maximum atomic E-state index is 11.7. The van der Waals surface area contributed by atoms with Gasteiger partial charge in [-0.2, -0.15) is 0 Å². The summed E-state index contributed by atoms with van der Waals surface area (Å²) in [7, 11) is 0. The Balaban J connectivity index is 1.82. The molecule has 0 aliphatic carbocycles. The van der Waals surface area contributed by atoms with Crippen molar-refractivity contribution in [3.05, 3.63) is 32.1 Å². The van der Waals surface area contributed by atoms with Gasteiger partial charge >= 0.3 is 4.87 Å². The van der Waals surface area contributed by atoms with Gasteiger partial charge in [-0.1, -0.05) is 31.3 Å². The molecule has 1 aliphatic rings. The van der Waals surface area contributed by atoms with Gasteiger partial charge in [0.05, 0.1) is 10.6 Å². The lowest BCUT2D eigenvalue weighted by Crippen LogP contribution is -2.38. The number of thiazole rings is 1. The fourth-order valence-corrected chi connectivity index (χ4v) is 4.92. The van der Waals surface area contributed by atoms with Gasteiger partial charge in [-0.15, -0.1) is 11.3 Å². The molecule has 3 heterocycles. The molecule has 1 aliphatic heterocycles. The Morgan fingerprint density at radius 3 is 2.75 bits per heavy atom. The Morgan fingerprint density at radius 2 is 2.10 bits per heavy atom. The monoisotopic (exact) mass is 308 g/mol. The summed E-state index contributed by atoms with van der Waals surface area (Å²) in [5.41, 5.74) is 1.03. The lowest BCUT2D eigenvalue weighted by atomic mass is 9.92. The van der Waals surface area contributed by atoms with Crippen LogP contribution in [0, 0.1) is 11.8 Å². The number of H-pyrrole nitrogens is 1. The van der Waals surface area contributed by atoms with Crippen LogP contribution < -0.4 is 4.87 Å². The van der Waals surface area contributed by atoms with E-state index < -0.39 is 0 Å². The zero-order chi connectivity index (χ0) is 14.1. The number of likely N-dealkylation sites (tertiary alicyclic amines) is 1. The molecule has 2 aromatic rings. The molecule has 3 rings (SSSR count). The minimum Gasteiger partial charge on any atom is -0.311 e. The van der Waals surface area contributed by atoms with Crippen LogP contribution in [0.3, 0.4) is 0 Å². The molecule has 0 amide bonds. The van der Waals surface area contributed by atoms with Gasteiger partial charge in [0.2, 0.25) is 0 Å². The standard InChI is InChI=1S/C15H20N2OS2/c1-10-6-11(2)8-17(7-10)9-13-14(16-15(18)20-13)12-4-3-5-19-12/h3-5,10-11H,6-9H2,1-2H3,(H,16,18). The van der Waals surface area contributed by atoms with E-state index in [9.17, 15) is 4.79 Å². The zero-order valence-electron chi connectivity index (χ0n) is 11.9. The highest BCUT2D eigenvalue weighted by atomic mass is 32.1. The Bertz CT molecular complexity index is 604. The van der Waals surface area contributed by atoms with Crippen LogP contribution in [-0.4, -0.2) is 23.0 Å². The fraction of sp³-hybridized carbons (Fsp3) is 0.533. The number of rotatable bonds is 3. The number of piperidine rings is 1. The normalized spacial score (nSPS) is 24.1. The second-order valence-corrected chi connectivity index (χ2v) is 7.95. The molecule has 5 heteroatoms. The second kappa shape index (κ2) is 5.84. The van der Waals surface area contributed by atoms with Gasteiger partial charge in [0.25, 0.3) is 0 Å². The van der Waals surface area contributed by atoms with Gasteiger partial charge < -0.3 is 4.98 Å². The van der Waals surface area contributed by atoms with Crippen molar-refractivity contribution in [1.29, 1.82) is 0 Å². The first kappa shape index (κ1) is 14.0. The summed E-state index contributed by atoms with van der Waals surface area (Å²) in [6.45, 7) is 7.82. The summed E-state index contributed by atoms with van der Waals surface area (Å²) >= 11 is 3.05. The van der Waals surface area contributed by atoms with E-state index >= 15 is 0 Å². The van der Waals surface area contributed by atoms with Gasteiger partial charge in [0, 0.05) is 24.5 Å². The third kappa shape index (κ3) is 3.05. The second-order valence-electron chi connectivity index (χ2n) is 5.93. The number of thiophene rings is 1. The van der Waals surface area contributed by atoms with Crippen LogP contribution in [0.4, 0.5) is 0 Å². The molecule has 1 saturated heterocycles. The molecule has 2 atom stereocenters. The van der Waals surface area contributed by atoms with Crippen LogP contribution in [0.5, 0.6) is 0 Å². The molecule has 1 N–H and O–H groups in total. The van der Waals surface area contributed by atoms with E-state index in [-0.39, 0.29) is 4.87 Å². The molecule has 2 unspecified atom stereocenters. The topological polar surface area (TPSA) is 36.1 Å². The smallest absolute Gasteiger partial charge is 0.305 e. The molecular formula is C15H20N2OS2. The number of aromatic amines is 1. The van der Waals surface area contributed by atoms with E-state index in [0.29, 0.717) is 0 Å². The summed E-state index contributed by atoms with van der Waals surface area (Å²) in [5.74, 6) is 1.50. The summed E-state index contributed by atoms with van der Waals surface area (Å²) in [6.07, 6.45) is 1.32. The Hall–Kier alpha value is -0.910. The van der Waals surface area contributed by atoms with Gasteiger partial charge in [0.1, 0.15) is 0 Å². The predicted molar refractivity (Wildman–Crippen MR) is 86.5 cm³/mol. The summed E-state index contributed by atoms with van der Waals surface area (Å²) in [4.78, 5) is 19.6. The van der Waals surface area contributed by atoms with Crippen molar-refractivity contribution < 1.29 is 0 Å². The van der Waals surface area contributed by atoms with Crippen molar-refractivity contribution in [2.24, 2.45) is 11.8 Å². The maximum absolute atomic E-state index is 11.7. The molecule has 0 saturated carbocycles. The predicted octanol–water partition coefficient (Wildman–Crippen LogP) is 3.64. The largest absolute Gasteiger partial charge is 0.311 e. The molecule has 0 spiro atoms. The van der Waals surface area contributed by atoms with Crippen molar-refractivity contribution in [2.75, 3.05) is 13.1 Å². The van der Waals surface area contributed by atoms with Crippen LogP contribution >= 0.6 is 22.7 Å². The third-order valence-corrected chi connectivity index (χ3v) is 5.56. The van der Waals surface area contributed by atoms with Crippen molar-refractivity contribution in [2.45, 2.75) is 26.8 Å². The number of hydrogen-bond donors (Lipinski definition) is 1. The fourth-order valence-electron chi connectivity index (χ4n) is 3.22. The van der Waals surface area contributed by atoms with Gasteiger partial charge in [-0.25, -0.2) is 0 Å². The van der Waals surface area contributed by atoms with E-state index in [1.807, 2.05) is 6.07 Å².